The summed E-state index contributed by atoms with van der Waals surface area (Å²) in [5, 5.41) is 6.06. The van der Waals surface area contributed by atoms with Gasteiger partial charge in [0.05, 0.1) is 13.2 Å². The van der Waals surface area contributed by atoms with E-state index < -0.39 is 0 Å². The normalized spacial score (nSPS) is 17.9. The topological polar surface area (TPSA) is 50.4 Å². The summed E-state index contributed by atoms with van der Waals surface area (Å²) < 4.78 is 5.08. The van der Waals surface area contributed by atoms with Crippen molar-refractivity contribution in [3.05, 3.63) is 29.8 Å². The summed E-state index contributed by atoms with van der Waals surface area (Å²) in [6, 6.07) is 7.65. The molecule has 1 atom stereocenters. The van der Waals surface area contributed by atoms with Gasteiger partial charge < -0.3 is 10.1 Å². The van der Waals surface area contributed by atoms with E-state index in [4.69, 9.17) is 4.74 Å². The van der Waals surface area contributed by atoms with E-state index >= 15 is 0 Å². The SMILES string of the molecule is COc1ccc(CNC(=O)C2CSCN2)cc1.Cl. The van der Waals surface area contributed by atoms with E-state index in [0.717, 1.165) is 22.9 Å². The molecule has 100 valence electrons. The molecule has 2 N–H and O–H groups in total. The molecule has 1 aliphatic rings. The Morgan fingerprint density at radius 1 is 1.50 bits per heavy atom. The molecule has 1 aliphatic heterocycles. The van der Waals surface area contributed by atoms with E-state index in [0.29, 0.717) is 6.54 Å². The van der Waals surface area contributed by atoms with Crippen LogP contribution in [0.1, 0.15) is 5.56 Å². The van der Waals surface area contributed by atoms with Crippen molar-refractivity contribution >= 4 is 30.1 Å². The molecule has 0 saturated carbocycles. The first-order valence-electron chi connectivity index (χ1n) is 5.51. The van der Waals surface area contributed by atoms with Crippen molar-refractivity contribution in [2.75, 3.05) is 18.7 Å². The third-order valence-electron chi connectivity index (χ3n) is 2.66. The minimum absolute atomic E-state index is 0. The Morgan fingerprint density at radius 3 is 2.78 bits per heavy atom. The summed E-state index contributed by atoms with van der Waals surface area (Å²) in [6.07, 6.45) is 0. The predicted molar refractivity (Wildman–Crippen MR) is 76.3 cm³/mol. The zero-order valence-corrected chi connectivity index (χ0v) is 11.8. The van der Waals surface area contributed by atoms with Crippen LogP contribution in [0.5, 0.6) is 5.75 Å². The summed E-state index contributed by atoms with van der Waals surface area (Å²) in [6.45, 7) is 0.561. The minimum atomic E-state index is -0.0433. The quantitative estimate of drug-likeness (QED) is 0.879. The van der Waals surface area contributed by atoms with Crippen molar-refractivity contribution in [2.45, 2.75) is 12.6 Å². The highest BCUT2D eigenvalue weighted by Crippen LogP contribution is 2.12. The van der Waals surface area contributed by atoms with Gasteiger partial charge in [0.1, 0.15) is 5.75 Å². The van der Waals surface area contributed by atoms with E-state index in [1.165, 1.54) is 0 Å². The molecule has 0 spiro atoms. The van der Waals surface area contributed by atoms with Gasteiger partial charge in [-0.2, -0.15) is 0 Å². The van der Waals surface area contributed by atoms with Crippen molar-refractivity contribution in [2.24, 2.45) is 0 Å². The average Bonchev–Trinajstić information content (AvgIpc) is 2.90. The smallest absolute Gasteiger partial charge is 0.238 e. The number of carbonyl (C=O) groups is 1. The van der Waals surface area contributed by atoms with Crippen LogP contribution >= 0.6 is 24.2 Å². The Morgan fingerprint density at radius 2 is 2.22 bits per heavy atom. The molecule has 0 radical (unpaired) electrons. The summed E-state index contributed by atoms with van der Waals surface area (Å²) >= 11 is 1.75. The van der Waals surface area contributed by atoms with Crippen molar-refractivity contribution in [1.82, 2.24) is 10.6 Å². The monoisotopic (exact) mass is 288 g/mol. The Kier molecular flexibility index (Phi) is 6.32. The molecular weight excluding hydrogens is 272 g/mol. The molecule has 1 saturated heterocycles. The highest BCUT2D eigenvalue weighted by Gasteiger charge is 2.21. The second-order valence-electron chi connectivity index (χ2n) is 3.84. The van der Waals surface area contributed by atoms with Gasteiger partial charge in [0.15, 0.2) is 0 Å². The summed E-state index contributed by atoms with van der Waals surface area (Å²) in [5.74, 6) is 2.62. The first-order chi connectivity index (χ1) is 8.29. The van der Waals surface area contributed by atoms with Gasteiger partial charge in [-0.15, -0.1) is 24.2 Å². The number of methoxy groups -OCH3 is 1. The van der Waals surface area contributed by atoms with Crippen LogP contribution in [0.2, 0.25) is 0 Å². The fourth-order valence-electron chi connectivity index (χ4n) is 1.62. The molecule has 2 rings (SSSR count). The number of rotatable bonds is 4. The third-order valence-corrected chi connectivity index (χ3v) is 3.60. The van der Waals surface area contributed by atoms with Gasteiger partial charge in [-0.1, -0.05) is 12.1 Å². The molecule has 0 bridgehead atoms. The molecule has 0 aliphatic carbocycles. The molecule has 1 amide bonds. The second-order valence-corrected chi connectivity index (χ2v) is 4.87. The van der Waals surface area contributed by atoms with Crippen LogP contribution in [0.25, 0.3) is 0 Å². The highest BCUT2D eigenvalue weighted by molar-refractivity contribution is 7.99. The first kappa shape index (κ1) is 15.1. The van der Waals surface area contributed by atoms with E-state index in [2.05, 4.69) is 10.6 Å². The minimum Gasteiger partial charge on any atom is -0.497 e. The van der Waals surface area contributed by atoms with Crippen LogP contribution in [0, 0.1) is 0 Å². The lowest BCUT2D eigenvalue weighted by Gasteiger charge is -2.10. The number of amides is 1. The average molecular weight is 289 g/mol. The number of ether oxygens (including phenoxy) is 1. The van der Waals surface area contributed by atoms with Crippen molar-refractivity contribution < 1.29 is 9.53 Å². The molecule has 1 fully saturated rings. The number of thioether (sulfide) groups is 1. The third kappa shape index (κ3) is 4.08. The molecule has 1 aromatic carbocycles. The van der Waals surface area contributed by atoms with E-state index in [1.807, 2.05) is 24.3 Å². The summed E-state index contributed by atoms with van der Waals surface area (Å²) in [5.41, 5.74) is 1.07. The Balaban J connectivity index is 0.00000162. The number of nitrogens with one attached hydrogen (secondary N) is 2. The maximum absolute atomic E-state index is 11.7. The summed E-state index contributed by atoms with van der Waals surface area (Å²) in [4.78, 5) is 11.7. The zero-order chi connectivity index (χ0) is 12.1. The van der Waals surface area contributed by atoms with Gasteiger partial charge in [0.25, 0.3) is 0 Å². The zero-order valence-electron chi connectivity index (χ0n) is 10.1. The maximum atomic E-state index is 11.7. The van der Waals surface area contributed by atoms with Gasteiger partial charge in [0.2, 0.25) is 5.91 Å². The molecule has 1 unspecified atom stereocenters. The van der Waals surface area contributed by atoms with Crippen LogP contribution in [-0.2, 0) is 11.3 Å². The number of benzene rings is 1. The van der Waals surface area contributed by atoms with Gasteiger partial charge in [-0.05, 0) is 17.7 Å². The predicted octanol–water partition coefficient (Wildman–Crippen LogP) is 1.40. The van der Waals surface area contributed by atoms with Gasteiger partial charge in [-0.25, -0.2) is 0 Å². The fourth-order valence-corrected chi connectivity index (χ4v) is 2.56. The number of halogens is 1. The molecule has 1 heterocycles. The number of hydrogen-bond donors (Lipinski definition) is 2. The van der Waals surface area contributed by atoms with Crippen LogP contribution < -0.4 is 15.4 Å². The van der Waals surface area contributed by atoms with E-state index in [-0.39, 0.29) is 24.4 Å². The molecule has 4 nitrogen and oxygen atoms in total. The Bertz CT molecular complexity index is 380. The first-order valence-corrected chi connectivity index (χ1v) is 6.67. The van der Waals surface area contributed by atoms with Crippen LogP contribution in [0.3, 0.4) is 0 Å². The van der Waals surface area contributed by atoms with Gasteiger partial charge >= 0.3 is 0 Å². The second kappa shape index (κ2) is 7.51. The Hall–Kier alpha value is -0.910. The summed E-state index contributed by atoms with van der Waals surface area (Å²) in [7, 11) is 1.64. The lowest BCUT2D eigenvalue weighted by molar-refractivity contribution is -0.122. The highest BCUT2D eigenvalue weighted by atomic mass is 35.5. The van der Waals surface area contributed by atoms with Crippen LogP contribution in [-0.4, -0.2) is 30.7 Å². The van der Waals surface area contributed by atoms with Crippen molar-refractivity contribution in [3.63, 3.8) is 0 Å². The van der Waals surface area contributed by atoms with Gasteiger partial charge in [0, 0.05) is 18.2 Å². The van der Waals surface area contributed by atoms with Crippen molar-refractivity contribution in [1.29, 1.82) is 0 Å². The fraction of sp³-hybridized carbons (Fsp3) is 0.417. The van der Waals surface area contributed by atoms with Crippen LogP contribution in [0.4, 0.5) is 0 Å². The molecule has 18 heavy (non-hydrogen) atoms. The largest absolute Gasteiger partial charge is 0.497 e. The lowest BCUT2D eigenvalue weighted by Crippen LogP contribution is -2.41. The maximum Gasteiger partial charge on any atom is 0.238 e. The standard InChI is InChI=1S/C12H16N2O2S.ClH/c1-16-10-4-2-9(3-5-10)6-13-12(15)11-7-17-8-14-11;/h2-5,11,14H,6-8H2,1H3,(H,13,15);1H. The lowest BCUT2D eigenvalue weighted by atomic mass is 10.2. The molecule has 6 heteroatoms. The molecule has 1 aromatic rings. The molecular formula is C12H17ClN2O2S. The van der Waals surface area contributed by atoms with E-state index in [9.17, 15) is 4.79 Å². The molecule has 0 aromatic heterocycles. The number of carbonyl (C=O) groups excluding carboxylic acids is 1. The van der Waals surface area contributed by atoms with Crippen LogP contribution in [0.15, 0.2) is 24.3 Å². The number of hydrogen-bond acceptors (Lipinski definition) is 4. The van der Waals surface area contributed by atoms with Gasteiger partial charge in [-0.3, -0.25) is 10.1 Å². The Labute approximate surface area is 117 Å². The van der Waals surface area contributed by atoms with E-state index in [1.54, 1.807) is 18.9 Å². The van der Waals surface area contributed by atoms with Crippen molar-refractivity contribution in [3.8, 4) is 5.75 Å².